The average molecular weight is 616 g/mol. The van der Waals surface area contributed by atoms with E-state index in [1.807, 2.05) is 0 Å². The van der Waals surface area contributed by atoms with E-state index >= 15 is 8.78 Å². The number of pyridine rings is 2. The van der Waals surface area contributed by atoms with Gasteiger partial charge in [-0.05, 0) is 49.1 Å². The van der Waals surface area contributed by atoms with Crippen molar-refractivity contribution in [1.29, 1.82) is 0 Å². The van der Waals surface area contributed by atoms with Gasteiger partial charge in [-0.3, -0.25) is 9.97 Å². The first-order valence-corrected chi connectivity index (χ1v) is 15.5. The minimum Gasteiger partial charge on any atom is -0.329 e. The van der Waals surface area contributed by atoms with Crippen molar-refractivity contribution in [2.24, 2.45) is 13.0 Å². The fourth-order valence-corrected chi connectivity index (χ4v) is 6.76. The zero-order valence-corrected chi connectivity index (χ0v) is 24.5. The maximum atomic E-state index is 15.9. The lowest BCUT2D eigenvalue weighted by Crippen LogP contribution is -2.31. The first-order valence-electron chi connectivity index (χ1n) is 13.7. The molecule has 0 saturated heterocycles. The van der Waals surface area contributed by atoms with Crippen molar-refractivity contribution in [3.63, 3.8) is 0 Å². The van der Waals surface area contributed by atoms with Gasteiger partial charge in [0.15, 0.2) is 9.84 Å². The maximum Gasteiger partial charge on any atom is 0.248 e. The summed E-state index contributed by atoms with van der Waals surface area (Å²) in [4.78, 5) is 8.51. The zero-order chi connectivity index (χ0) is 31.8. The smallest absolute Gasteiger partial charge is 0.248 e. The minimum atomic E-state index is -3.91. The molecule has 1 saturated carbocycles. The maximum absolute atomic E-state index is 15.9. The molecule has 6 radical (unpaired) electrons. The Labute approximate surface area is 254 Å². The first kappa shape index (κ1) is 30.4. The molecule has 16 heteroatoms. The van der Waals surface area contributed by atoms with Gasteiger partial charge in [0.05, 0.1) is 73.5 Å². The quantitative estimate of drug-likeness (QED) is 0.211. The molecule has 0 aliphatic heterocycles. The summed E-state index contributed by atoms with van der Waals surface area (Å²) in [6.45, 7) is 0. The van der Waals surface area contributed by atoms with Crippen LogP contribution in [0.3, 0.4) is 0 Å². The van der Waals surface area contributed by atoms with Crippen LogP contribution in [0.1, 0.15) is 43.1 Å². The van der Waals surface area contributed by atoms with E-state index in [0.717, 1.165) is 12.3 Å². The van der Waals surface area contributed by atoms with Gasteiger partial charge in [0.25, 0.3) is 0 Å². The van der Waals surface area contributed by atoms with Crippen LogP contribution >= 0.6 is 0 Å². The summed E-state index contributed by atoms with van der Waals surface area (Å²) in [6.07, 6.45) is 2.83. The molecule has 0 amide bonds. The second-order valence-electron chi connectivity index (χ2n) is 11.4. The highest BCUT2D eigenvalue weighted by atomic mass is 32.2. The number of nitrogens with zero attached hydrogens (tertiary/aromatic N) is 6. The summed E-state index contributed by atoms with van der Waals surface area (Å²) in [5.74, 6) is -5.05. The van der Waals surface area contributed by atoms with E-state index < -0.39 is 57.3 Å². The van der Waals surface area contributed by atoms with Crippen LogP contribution in [0.2, 0.25) is 0 Å². The largest absolute Gasteiger partial charge is 0.329 e. The fourth-order valence-electron chi connectivity index (χ4n) is 6.12. The number of halogens is 4. The molecule has 1 unspecified atom stereocenters. The number of rotatable bonds is 6. The van der Waals surface area contributed by atoms with Crippen molar-refractivity contribution >= 4 is 55.3 Å². The summed E-state index contributed by atoms with van der Waals surface area (Å²) in [6, 6.07) is 5.32. The van der Waals surface area contributed by atoms with Crippen LogP contribution in [0.4, 0.5) is 17.6 Å². The van der Waals surface area contributed by atoms with Gasteiger partial charge in [-0.2, -0.15) is 0 Å². The van der Waals surface area contributed by atoms with Crippen LogP contribution in [0.25, 0.3) is 33.2 Å². The van der Waals surface area contributed by atoms with Crippen LogP contribution in [0.15, 0.2) is 47.6 Å². The molecule has 44 heavy (non-hydrogen) atoms. The van der Waals surface area contributed by atoms with E-state index in [4.69, 9.17) is 23.5 Å². The highest BCUT2D eigenvalue weighted by Gasteiger charge is 2.41. The lowest BCUT2D eigenvalue weighted by atomic mass is 9.41. The normalized spacial score (nSPS) is 17.0. The van der Waals surface area contributed by atoms with Gasteiger partial charge >= 0.3 is 0 Å². The number of hydrogen-bond acceptors (Lipinski definition) is 6. The van der Waals surface area contributed by atoms with E-state index in [0.29, 0.717) is 11.3 Å². The Morgan fingerprint density at radius 3 is 2.39 bits per heavy atom. The highest BCUT2D eigenvalue weighted by molar-refractivity contribution is 7.90. The Kier molecular flexibility index (Phi) is 7.21. The Morgan fingerprint density at radius 2 is 1.75 bits per heavy atom. The summed E-state index contributed by atoms with van der Waals surface area (Å²) >= 11 is 0. The molecular weight excluding hydrogens is 593 g/mol. The summed E-state index contributed by atoms with van der Waals surface area (Å²) in [5.41, 5.74) is 1.05. The molecule has 6 rings (SSSR count). The predicted molar refractivity (Wildman–Crippen MR) is 158 cm³/mol. The zero-order valence-electron chi connectivity index (χ0n) is 23.7. The highest BCUT2D eigenvalue weighted by Crippen LogP contribution is 2.46. The summed E-state index contributed by atoms with van der Waals surface area (Å²) in [5, 5.41) is 6.04. The third-order valence-corrected chi connectivity index (χ3v) is 9.25. The Bertz CT molecular complexity index is 2030. The molecule has 1 fully saturated rings. The van der Waals surface area contributed by atoms with Gasteiger partial charge in [0.2, 0.25) is 5.92 Å². The summed E-state index contributed by atoms with van der Waals surface area (Å²) < 4.78 is 88.2. The van der Waals surface area contributed by atoms with Crippen LogP contribution in [0.5, 0.6) is 0 Å². The van der Waals surface area contributed by atoms with E-state index in [1.165, 1.54) is 35.3 Å². The van der Waals surface area contributed by atoms with Crippen molar-refractivity contribution in [3.05, 3.63) is 65.7 Å². The van der Waals surface area contributed by atoms with Gasteiger partial charge in [0.1, 0.15) is 11.6 Å². The van der Waals surface area contributed by atoms with Gasteiger partial charge in [-0.15, -0.1) is 5.10 Å². The fraction of sp³-hybridized carbons (Fsp3) is 0.357. The van der Waals surface area contributed by atoms with Gasteiger partial charge in [0, 0.05) is 44.1 Å². The number of fused-ring (bicyclic) bond motifs is 3. The van der Waals surface area contributed by atoms with Crippen molar-refractivity contribution < 1.29 is 26.0 Å². The number of aryl methyl sites for hydroxylation is 1. The van der Waals surface area contributed by atoms with E-state index in [1.54, 1.807) is 17.7 Å². The topological polar surface area (TPSA) is 95.6 Å². The second kappa shape index (κ2) is 10.5. The summed E-state index contributed by atoms with van der Waals surface area (Å²) in [7, 11) is 15.5. The van der Waals surface area contributed by atoms with Crippen LogP contribution in [0, 0.1) is 17.6 Å². The number of alkyl halides is 2. The number of sulfone groups is 1. The van der Waals surface area contributed by atoms with Crippen LogP contribution in [-0.2, 0) is 22.0 Å². The van der Waals surface area contributed by atoms with Gasteiger partial charge < -0.3 is 4.57 Å². The van der Waals surface area contributed by atoms with Crippen LogP contribution in [-0.4, -0.2) is 73.7 Å². The minimum absolute atomic E-state index is 0.00204. The van der Waals surface area contributed by atoms with E-state index in [2.05, 4.69) is 20.3 Å². The Morgan fingerprint density at radius 1 is 1.05 bits per heavy atom. The third kappa shape index (κ3) is 5.20. The average Bonchev–Trinajstić information content (AvgIpc) is 3.48. The lowest BCUT2D eigenvalue weighted by molar-refractivity contribution is -0.0495. The molecule has 1 aromatic carbocycles. The second-order valence-corrected chi connectivity index (χ2v) is 13.4. The van der Waals surface area contributed by atoms with Crippen molar-refractivity contribution in [1.82, 2.24) is 29.5 Å². The van der Waals surface area contributed by atoms with Crippen molar-refractivity contribution in [2.45, 2.75) is 47.7 Å². The third-order valence-electron chi connectivity index (χ3n) is 8.16. The number of benzene rings is 1. The van der Waals surface area contributed by atoms with Crippen molar-refractivity contribution in [2.75, 3.05) is 6.26 Å². The molecule has 220 valence electrons. The molecule has 1 aliphatic carbocycles. The van der Waals surface area contributed by atoms with Gasteiger partial charge in [-0.25, -0.2) is 30.7 Å². The number of hydrogen-bond donors (Lipinski definition) is 0. The Hall–Kier alpha value is -3.68. The molecule has 0 N–H and O–H groups in total. The molecule has 1 aliphatic rings. The SMILES string of the molecule is [B]C([B])([B])c1nnn(C)c1-c1cnc2c3c(F)cc(S(C)(=O)=O)cc3n(C(c3ncccc3F)C3CCC(F)(F)CC3)c2c1. The van der Waals surface area contributed by atoms with Gasteiger partial charge in [-0.1, -0.05) is 10.3 Å². The standard InChI is InChI=1S/C28H23B3F4N6O2S/c1-40-25(26(38-39-40)28(29,30)31)15-10-20-23(37-13-15)21-18(33)11-16(44(2,42)43)12-19(21)41(20)24(22-17(32)4-3-9-36-22)14-5-7-27(34,35)8-6-14/h3-4,9-14,24H,5-8H2,1-2H3. The lowest BCUT2D eigenvalue weighted by Gasteiger charge is -2.35. The van der Waals surface area contributed by atoms with E-state index in [-0.39, 0.29) is 51.1 Å². The monoisotopic (exact) mass is 616 g/mol. The van der Waals surface area contributed by atoms with Crippen LogP contribution < -0.4 is 0 Å². The molecule has 0 spiro atoms. The molecular formula is C28H23B3F4N6O2S. The molecule has 4 heterocycles. The number of aromatic nitrogens is 6. The predicted octanol–water partition coefficient (Wildman–Crippen LogP) is 4.09. The molecule has 4 aromatic heterocycles. The Balaban J connectivity index is 1.73. The molecule has 0 bridgehead atoms. The van der Waals surface area contributed by atoms with Crippen molar-refractivity contribution in [3.8, 4) is 11.3 Å². The van der Waals surface area contributed by atoms with E-state index in [9.17, 15) is 17.2 Å². The first-order chi connectivity index (χ1) is 20.6. The molecule has 5 aromatic rings. The molecule has 1 atom stereocenters. The molecule has 8 nitrogen and oxygen atoms in total.